The molecule has 6 nitrogen and oxygen atoms in total. The van der Waals surface area contributed by atoms with E-state index in [-0.39, 0.29) is 24.6 Å². The molecule has 3 rings (SSSR count). The van der Waals surface area contributed by atoms with Crippen LogP contribution in [0.2, 0.25) is 0 Å². The molecule has 0 bridgehead atoms. The highest BCUT2D eigenvalue weighted by molar-refractivity contribution is 6.02. The van der Waals surface area contributed by atoms with Gasteiger partial charge in [-0.2, -0.15) is 0 Å². The third-order valence-electron chi connectivity index (χ3n) is 6.91. The number of likely N-dealkylation sites (N-methyl/N-ethyl adjacent to an activating group) is 1. The number of aliphatic hydroxyl groups excluding tert-OH is 1. The topological polar surface area (TPSA) is 67.8 Å². The van der Waals surface area contributed by atoms with Crippen LogP contribution in [0.1, 0.15) is 43.2 Å². The van der Waals surface area contributed by atoms with Gasteiger partial charge in [-0.3, -0.25) is 9.69 Å². The number of amides is 1. The van der Waals surface area contributed by atoms with Gasteiger partial charge in [-0.1, -0.05) is 18.2 Å². The monoisotopic (exact) mass is 402 g/mol. The Labute approximate surface area is 175 Å². The van der Waals surface area contributed by atoms with Crippen LogP contribution in [-0.2, 0) is 4.79 Å². The summed E-state index contributed by atoms with van der Waals surface area (Å²) in [5.74, 6) is 0.226. The molecule has 3 N–H and O–H groups in total. The van der Waals surface area contributed by atoms with Gasteiger partial charge >= 0.3 is 0 Å². The van der Waals surface area contributed by atoms with Gasteiger partial charge in [-0.15, -0.1) is 0 Å². The first-order valence-corrected chi connectivity index (χ1v) is 11.0. The number of carbonyl (C=O) groups is 1. The molecule has 2 fully saturated rings. The lowest BCUT2D eigenvalue weighted by Gasteiger charge is -2.47. The lowest BCUT2D eigenvalue weighted by atomic mass is 9.84. The summed E-state index contributed by atoms with van der Waals surface area (Å²) in [6.45, 7) is 6.63. The highest BCUT2D eigenvalue weighted by Gasteiger charge is 2.48. The molecule has 0 aromatic heterocycles. The minimum atomic E-state index is -0.482. The van der Waals surface area contributed by atoms with Gasteiger partial charge < -0.3 is 20.6 Å². The number of nitrogens with zero attached hydrogens (tertiary/aromatic N) is 2. The van der Waals surface area contributed by atoms with E-state index in [1.807, 2.05) is 14.1 Å². The van der Waals surface area contributed by atoms with Crippen molar-refractivity contribution in [2.24, 2.45) is 0 Å². The molecular weight excluding hydrogens is 364 g/mol. The number of hydrogen-bond donors (Lipinski definition) is 3. The normalized spacial score (nSPS) is 24.1. The Hall–Kier alpha value is -1.47. The largest absolute Gasteiger partial charge is 0.395 e. The van der Waals surface area contributed by atoms with Crippen LogP contribution in [0.3, 0.4) is 0 Å². The van der Waals surface area contributed by atoms with Crippen molar-refractivity contribution in [1.82, 2.24) is 15.5 Å². The fourth-order valence-electron chi connectivity index (χ4n) is 5.26. The van der Waals surface area contributed by atoms with Crippen LogP contribution in [0.25, 0.3) is 0 Å². The second-order valence-electron chi connectivity index (χ2n) is 8.87. The van der Waals surface area contributed by atoms with Gasteiger partial charge in [0, 0.05) is 18.3 Å². The number of hydrogen-bond acceptors (Lipinski definition) is 5. The first-order valence-electron chi connectivity index (χ1n) is 11.0. The third-order valence-corrected chi connectivity index (χ3v) is 6.91. The average molecular weight is 403 g/mol. The van der Waals surface area contributed by atoms with Crippen molar-refractivity contribution in [1.29, 1.82) is 0 Å². The first-order chi connectivity index (χ1) is 13.9. The molecule has 1 aliphatic heterocycles. The molecule has 1 saturated carbocycles. The first kappa shape index (κ1) is 22.2. The molecule has 2 aliphatic rings. The van der Waals surface area contributed by atoms with Gasteiger partial charge in [0.05, 0.1) is 12.6 Å². The lowest BCUT2D eigenvalue weighted by molar-refractivity contribution is -0.131. The van der Waals surface area contributed by atoms with Crippen molar-refractivity contribution >= 4 is 11.6 Å². The average Bonchev–Trinajstić information content (AvgIpc) is 3.17. The van der Waals surface area contributed by atoms with Gasteiger partial charge in [0.1, 0.15) is 5.54 Å². The van der Waals surface area contributed by atoms with Crippen molar-refractivity contribution in [2.45, 2.75) is 63.6 Å². The van der Waals surface area contributed by atoms with E-state index in [2.05, 4.69) is 52.5 Å². The van der Waals surface area contributed by atoms with Crippen molar-refractivity contribution in [3.05, 3.63) is 29.3 Å². The summed E-state index contributed by atoms with van der Waals surface area (Å²) in [7, 11) is 4.09. The van der Waals surface area contributed by atoms with Crippen LogP contribution >= 0.6 is 0 Å². The molecule has 1 aliphatic carbocycles. The number of nitrogens with one attached hydrogen (secondary N) is 2. The summed E-state index contributed by atoms with van der Waals surface area (Å²) < 4.78 is 0. The van der Waals surface area contributed by atoms with Gasteiger partial charge in [0.25, 0.3) is 0 Å². The Kier molecular flexibility index (Phi) is 7.32. The second kappa shape index (κ2) is 9.56. The molecule has 6 heteroatoms. The molecule has 1 saturated heterocycles. The Balaban J connectivity index is 2.06. The highest BCUT2D eigenvalue weighted by Crippen LogP contribution is 2.37. The molecule has 0 unspecified atom stereocenters. The summed E-state index contributed by atoms with van der Waals surface area (Å²) in [6.07, 6.45) is 4.77. The zero-order valence-electron chi connectivity index (χ0n) is 18.5. The number of carbonyl (C=O) groups excluding carboxylic acids is 1. The maximum absolute atomic E-state index is 14.4. The number of benzene rings is 1. The van der Waals surface area contributed by atoms with E-state index in [1.54, 1.807) is 0 Å². The molecule has 1 heterocycles. The fraction of sp³-hybridized carbons (Fsp3) is 0.696. The van der Waals surface area contributed by atoms with Crippen molar-refractivity contribution < 1.29 is 9.90 Å². The quantitative estimate of drug-likeness (QED) is 0.649. The van der Waals surface area contributed by atoms with E-state index >= 15 is 0 Å². The SMILES string of the molecule is Cc1cccc(C)c1N(C(=O)C1(N(C)C)CCNCC1)[C@@H]1CCC[C@H]1NCCO. The number of rotatable bonds is 7. The van der Waals surface area contributed by atoms with Crippen molar-refractivity contribution in [3.63, 3.8) is 0 Å². The van der Waals surface area contributed by atoms with E-state index in [1.165, 1.54) is 0 Å². The van der Waals surface area contributed by atoms with Crippen LogP contribution in [-0.4, -0.2) is 73.9 Å². The van der Waals surface area contributed by atoms with E-state index in [0.29, 0.717) is 6.54 Å². The van der Waals surface area contributed by atoms with Gasteiger partial charge in [-0.25, -0.2) is 0 Å². The van der Waals surface area contributed by atoms with E-state index in [4.69, 9.17) is 0 Å². The number of aliphatic hydroxyl groups is 1. The predicted octanol–water partition coefficient (Wildman–Crippen LogP) is 1.82. The maximum atomic E-state index is 14.4. The van der Waals surface area contributed by atoms with Crippen LogP contribution in [0.15, 0.2) is 18.2 Å². The maximum Gasteiger partial charge on any atom is 0.247 e. The minimum Gasteiger partial charge on any atom is -0.395 e. The van der Waals surface area contributed by atoms with Gasteiger partial charge in [0.2, 0.25) is 5.91 Å². The third kappa shape index (κ3) is 4.36. The summed E-state index contributed by atoms with van der Waals surface area (Å²) in [5.41, 5.74) is 2.88. The molecule has 0 radical (unpaired) electrons. The molecule has 1 aromatic carbocycles. The Bertz CT molecular complexity index is 680. The van der Waals surface area contributed by atoms with Crippen molar-refractivity contribution in [2.75, 3.05) is 45.2 Å². The van der Waals surface area contributed by atoms with Gasteiger partial charge in [0.15, 0.2) is 0 Å². The zero-order valence-corrected chi connectivity index (χ0v) is 18.5. The minimum absolute atomic E-state index is 0.112. The zero-order chi connectivity index (χ0) is 21.0. The molecule has 2 atom stereocenters. The number of anilines is 1. The molecule has 29 heavy (non-hydrogen) atoms. The smallest absolute Gasteiger partial charge is 0.247 e. The molecular formula is C23H38N4O2. The Morgan fingerprint density at radius 2 is 1.86 bits per heavy atom. The Morgan fingerprint density at radius 3 is 2.45 bits per heavy atom. The summed E-state index contributed by atoms with van der Waals surface area (Å²) in [4.78, 5) is 18.6. The van der Waals surface area contributed by atoms with Crippen LogP contribution in [0.5, 0.6) is 0 Å². The fourth-order valence-corrected chi connectivity index (χ4v) is 5.26. The predicted molar refractivity (Wildman–Crippen MR) is 118 cm³/mol. The Morgan fingerprint density at radius 1 is 1.21 bits per heavy atom. The highest BCUT2D eigenvalue weighted by atomic mass is 16.3. The summed E-state index contributed by atoms with van der Waals surface area (Å²) >= 11 is 0. The number of aryl methyl sites for hydroxylation is 2. The number of piperidine rings is 1. The lowest BCUT2D eigenvalue weighted by Crippen LogP contribution is -2.64. The van der Waals surface area contributed by atoms with E-state index in [0.717, 1.165) is 62.0 Å². The van der Waals surface area contributed by atoms with Gasteiger partial charge in [-0.05, 0) is 84.3 Å². The second-order valence-corrected chi connectivity index (χ2v) is 8.87. The van der Waals surface area contributed by atoms with Crippen LogP contribution < -0.4 is 15.5 Å². The molecule has 0 spiro atoms. The number of para-hydroxylation sites is 1. The van der Waals surface area contributed by atoms with Crippen LogP contribution in [0.4, 0.5) is 5.69 Å². The molecule has 1 aromatic rings. The summed E-state index contributed by atoms with van der Waals surface area (Å²) in [5, 5.41) is 16.2. The van der Waals surface area contributed by atoms with Crippen LogP contribution in [0, 0.1) is 13.8 Å². The van der Waals surface area contributed by atoms with E-state index < -0.39 is 5.54 Å². The molecule has 162 valence electrons. The van der Waals surface area contributed by atoms with E-state index in [9.17, 15) is 9.90 Å². The summed E-state index contributed by atoms with van der Waals surface area (Å²) in [6, 6.07) is 6.61. The standard InChI is InChI=1S/C23H38N4O2/c1-17-7-5-8-18(2)21(17)27(20-10-6-9-19(20)25-15-16-28)22(29)23(26(3)4)11-13-24-14-12-23/h5,7-8,19-20,24-25,28H,6,9-16H2,1-4H3/t19-,20-/m1/s1. The van der Waals surface area contributed by atoms with Crippen molar-refractivity contribution in [3.8, 4) is 0 Å². The molecule has 1 amide bonds.